The van der Waals surface area contributed by atoms with Crippen molar-refractivity contribution in [1.29, 1.82) is 0 Å². The van der Waals surface area contributed by atoms with Gasteiger partial charge in [0.25, 0.3) is 0 Å². The molecule has 0 amide bonds. The fourth-order valence-electron chi connectivity index (χ4n) is 0.891. The molecule has 0 fully saturated rings. The first kappa shape index (κ1) is 9.24. The maximum Gasteiger partial charge on any atom is 0.352 e. The number of aromatic carboxylic acids is 1. The van der Waals surface area contributed by atoms with Crippen molar-refractivity contribution in [3.63, 3.8) is 0 Å². The Morgan fingerprint density at radius 2 is 2.33 bits per heavy atom. The minimum Gasteiger partial charge on any atom is -0.477 e. The van der Waals surface area contributed by atoms with Crippen LogP contribution in [0.15, 0.2) is 6.07 Å². The molecule has 0 radical (unpaired) electrons. The van der Waals surface area contributed by atoms with Crippen LogP contribution in [-0.4, -0.2) is 21.9 Å². The molecule has 4 nitrogen and oxygen atoms in total. The molecule has 1 heterocycles. The van der Waals surface area contributed by atoms with Crippen LogP contribution >= 0.6 is 22.6 Å². The van der Waals surface area contributed by atoms with Crippen molar-refractivity contribution in [1.82, 2.24) is 4.57 Å². The molecule has 0 unspecified atom stereocenters. The number of rotatable bonds is 2. The fraction of sp³-hybridized carbons (Fsp3) is 0.143. The lowest BCUT2D eigenvalue weighted by Crippen LogP contribution is -2.04. The Morgan fingerprint density at radius 3 is 2.58 bits per heavy atom. The van der Waals surface area contributed by atoms with Crippen LogP contribution in [0.4, 0.5) is 0 Å². The van der Waals surface area contributed by atoms with E-state index in [-0.39, 0.29) is 5.69 Å². The average Bonchev–Trinajstić information content (AvgIpc) is 2.30. The quantitative estimate of drug-likeness (QED) is 0.652. The van der Waals surface area contributed by atoms with Crippen molar-refractivity contribution < 1.29 is 14.7 Å². The predicted octanol–water partition coefficient (Wildman–Crippen LogP) is 1.14. The minimum atomic E-state index is -1.02. The highest BCUT2D eigenvalue weighted by molar-refractivity contribution is 14.1. The summed E-state index contributed by atoms with van der Waals surface area (Å²) in [6.45, 7) is 0. The van der Waals surface area contributed by atoms with Crippen molar-refractivity contribution in [2.24, 2.45) is 7.05 Å². The van der Waals surface area contributed by atoms with Gasteiger partial charge in [-0.05, 0) is 28.7 Å². The number of carboxylic acids is 1. The fourth-order valence-corrected chi connectivity index (χ4v) is 1.43. The highest BCUT2D eigenvalue weighted by Gasteiger charge is 2.14. The van der Waals surface area contributed by atoms with E-state index in [0.29, 0.717) is 15.6 Å². The number of aldehydes is 1. The standard InChI is InChI=1S/C7H6INO3/c1-9-5(7(11)12)2-4(3-10)6(9)8/h2-3H,1H3,(H,11,12). The molecule has 64 valence electrons. The predicted molar refractivity (Wildman–Crippen MR) is 50.5 cm³/mol. The summed E-state index contributed by atoms with van der Waals surface area (Å²) in [5.74, 6) is -1.02. The van der Waals surface area contributed by atoms with E-state index in [9.17, 15) is 9.59 Å². The van der Waals surface area contributed by atoms with E-state index in [1.54, 1.807) is 7.05 Å². The second-order valence-electron chi connectivity index (χ2n) is 2.26. The number of carbonyl (C=O) groups is 2. The number of nitrogens with zero attached hydrogens (tertiary/aromatic N) is 1. The molecular formula is C7H6INO3. The monoisotopic (exact) mass is 279 g/mol. The zero-order chi connectivity index (χ0) is 9.30. The van der Waals surface area contributed by atoms with Gasteiger partial charge >= 0.3 is 5.97 Å². The van der Waals surface area contributed by atoms with Crippen LogP contribution in [0.3, 0.4) is 0 Å². The van der Waals surface area contributed by atoms with Gasteiger partial charge in [-0.25, -0.2) is 4.79 Å². The lowest BCUT2D eigenvalue weighted by Gasteiger charge is -1.97. The van der Waals surface area contributed by atoms with Crippen LogP contribution in [-0.2, 0) is 7.05 Å². The maximum atomic E-state index is 10.6. The van der Waals surface area contributed by atoms with Gasteiger partial charge in [-0.1, -0.05) is 0 Å². The van der Waals surface area contributed by atoms with E-state index in [2.05, 4.69) is 0 Å². The molecule has 1 aromatic heterocycles. The molecule has 0 aliphatic rings. The summed E-state index contributed by atoms with van der Waals surface area (Å²) < 4.78 is 2.10. The van der Waals surface area contributed by atoms with E-state index in [4.69, 9.17) is 5.11 Å². The second-order valence-corrected chi connectivity index (χ2v) is 3.28. The molecule has 0 saturated heterocycles. The maximum absolute atomic E-state index is 10.6. The smallest absolute Gasteiger partial charge is 0.352 e. The Labute approximate surface area is 82.3 Å². The Morgan fingerprint density at radius 1 is 1.75 bits per heavy atom. The van der Waals surface area contributed by atoms with Crippen LogP contribution < -0.4 is 0 Å². The third kappa shape index (κ3) is 1.36. The molecule has 12 heavy (non-hydrogen) atoms. The normalized spacial score (nSPS) is 9.83. The van der Waals surface area contributed by atoms with E-state index in [1.165, 1.54) is 10.6 Å². The van der Waals surface area contributed by atoms with Gasteiger partial charge < -0.3 is 9.67 Å². The summed E-state index contributed by atoms with van der Waals surface area (Å²) in [7, 11) is 1.61. The Bertz CT molecular complexity index is 343. The van der Waals surface area contributed by atoms with E-state index in [0.717, 1.165) is 0 Å². The molecule has 1 rings (SSSR count). The lowest BCUT2D eigenvalue weighted by molar-refractivity contribution is 0.0686. The molecule has 0 spiro atoms. The number of halogens is 1. The van der Waals surface area contributed by atoms with Crippen molar-refractivity contribution in [2.75, 3.05) is 0 Å². The van der Waals surface area contributed by atoms with Crippen LogP contribution in [0.2, 0.25) is 0 Å². The van der Waals surface area contributed by atoms with E-state index >= 15 is 0 Å². The van der Waals surface area contributed by atoms with Gasteiger partial charge in [0.2, 0.25) is 0 Å². The zero-order valence-corrected chi connectivity index (χ0v) is 8.40. The molecule has 5 heteroatoms. The summed E-state index contributed by atoms with van der Waals surface area (Å²) in [5.41, 5.74) is 0.539. The third-order valence-electron chi connectivity index (χ3n) is 1.53. The number of aromatic nitrogens is 1. The van der Waals surface area contributed by atoms with Crippen molar-refractivity contribution >= 4 is 34.8 Å². The van der Waals surface area contributed by atoms with Crippen LogP contribution in [0, 0.1) is 3.70 Å². The molecule has 0 aliphatic carbocycles. The average molecular weight is 279 g/mol. The molecule has 1 N–H and O–H groups in total. The molecular weight excluding hydrogens is 273 g/mol. The molecule has 1 aromatic rings. The van der Waals surface area contributed by atoms with Gasteiger partial charge in [-0.3, -0.25) is 4.79 Å². The van der Waals surface area contributed by atoms with Gasteiger partial charge in [0.15, 0.2) is 6.29 Å². The minimum absolute atomic E-state index is 0.126. The van der Waals surface area contributed by atoms with E-state index < -0.39 is 5.97 Å². The molecule has 0 atom stereocenters. The first-order chi connectivity index (χ1) is 5.57. The number of carboxylic acid groups (broad SMARTS) is 1. The first-order valence-corrected chi connectivity index (χ1v) is 4.19. The number of carbonyl (C=O) groups excluding carboxylic acids is 1. The first-order valence-electron chi connectivity index (χ1n) is 3.11. The van der Waals surface area contributed by atoms with Crippen LogP contribution in [0.25, 0.3) is 0 Å². The molecule has 0 aromatic carbocycles. The summed E-state index contributed by atoms with van der Waals surface area (Å²) in [4.78, 5) is 21.0. The Balaban J connectivity index is 3.34. The van der Waals surface area contributed by atoms with Gasteiger partial charge in [-0.15, -0.1) is 0 Å². The third-order valence-corrected chi connectivity index (χ3v) is 2.88. The van der Waals surface area contributed by atoms with Gasteiger partial charge in [0, 0.05) is 12.6 Å². The Kier molecular flexibility index (Phi) is 2.51. The summed E-state index contributed by atoms with van der Waals surface area (Å²) >= 11 is 1.93. The Hall–Kier alpha value is -0.850. The largest absolute Gasteiger partial charge is 0.477 e. The number of hydrogen-bond donors (Lipinski definition) is 1. The highest BCUT2D eigenvalue weighted by atomic mass is 127. The topological polar surface area (TPSA) is 59.3 Å². The van der Waals surface area contributed by atoms with Gasteiger partial charge in [0.1, 0.15) is 5.69 Å². The van der Waals surface area contributed by atoms with Crippen LogP contribution in [0.5, 0.6) is 0 Å². The van der Waals surface area contributed by atoms with Gasteiger partial charge in [0.05, 0.1) is 3.70 Å². The van der Waals surface area contributed by atoms with E-state index in [1.807, 2.05) is 22.6 Å². The second kappa shape index (κ2) is 3.26. The highest BCUT2D eigenvalue weighted by Crippen LogP contribution is 2.15. The molecule has 0 aliphatic heterocycles. The summed E-state index contributed by atoms with van der Waals surface area (Å²) in [5, 5.41) is 8.66. The van der Waals surface area contributed by atoms with Crippen molar-refractivity contribution in [3.05, 3.63) is 21.0 Å². The summed E-state index contributed by atoms with van der Waals surface area (Å²) in [6, 6.07) is 1.36. The van der Waals surface area contributed by atoms with Crippen LogP contribution in [0.1, 0.15) is 20.8 Å². The zero-order valence-electron chi connectivity index (χ0n) is 6.24. The summed E-state index contributed by atoms with van der Waals surface area (Å²) in [6.07, 6.45) is 0.647. The molecule has 0 saturated carbocycles. The SMILES string of the molecule is Cn1c(C(=O)O)cc(C=O)c1I. The lowest BCUT2D eigenvalue weighted by atomic mass is 10.3. The van der Waals surface area contributed by atoms with Crippen molar-refractivity contribution in [3.8, 4) is 0 Å². The number of hydrogen-bond acceptors (Lipinski definition) is 2. The molecule has 0 bridgehead atoms. The van der Waals surface area contributed by atoms with Gasteiger partial charge in [-0.2, -0.15) is 0 Å². The van der Waals surface area contributed by atoms with Crippen molar-refractivity contribution in [2.45, 2.75) is 0 Å².